The Hall–Kier alpha value is -2.11. The van der Waals surface area contributed by atoms with E-state index in [9.17, 15) is 14.9 Å². The smallest absolute Gasteiger partial charge is 0.311 e. The number of rotatable bonds is 1. The Bertz CT molecular complexity index is 537. The maximum Gasteiger partial charge on any atom is 0.311 e. The summed E-state index contributed by atoms with van der Waals surface area (Å²) in [6.07, 6.45) is 2.66. The molecule has 1 saturated carbocycles. The number of carbonyl (C=O) groups excluding carboxylic acids is 1. The first kappa shape index (κ1) is 11.0. The van der Waals surface area contributed by atoms with E-state index in [0.29, 0.717) is 6.54 Å². The number of carbonyl (C=O) groups is 1. The summed E-state index contributed by atoms with van der Waals surface area (Å²) in [5.41, 5.74) is -0.351. The number of nitro groups is 1. The summed E-state index contributed by atoms with van der Waals surface area (Å²) in [4.78, 5) is 22.4. The monoisotopic (exact) mass is 248 g/mol. The van der Waals surface area contributed by atoms with E-state index in [1.165, 1.54) is 12.1 Å². The van der Waals surface area contributed by atoms with Gasteiger partial charge in [-0.1, -0.05) is 6.07 Å². The van der Waals surface area contributed by atoms with Crippen molar-refractivity contribution < 1.29 is 14.5 Å². The summed E-state index contributed by atoms with van der Waals surface area (Å²) in [6, 6.07) is 4.41. The van der Waals surface area contributed by atoms with Gasteiger partial charge in [0.2, 0.25) is 5.75 Å². The average Bonchev–Trinajstić information content (AvgIpc) is 2.46. The van der Waals surface area contributed by atoms with Crippen molar-refractivity contribution >= 4 is 11.6 Å². The predicted octanol–water partition coefficient (Wildman–Crippen LogP) is 1.64. The molecule has 1 spiro atoms. The Morgan fingerprint density at radius 3 is 2.78 bits per heavy atom. The molecule has 94 valence electrons. The number of hydrogen-bond acceptors (Lipinski definition) is 4. The number of nitro benzene ring substituents is 1. The first-order valence-corrected chi connectivity index (χ1v) is 5.86. The topological polar surface area (TPSA) is 81.5 Å². The summed E-state index contributed by atoms with van der Waals surface area (Å²) >= 11 is 0. The fraction of sp³-hybridized carbons (Fsp3) is 0.417. The molecule has 1 fully saturated rings. The zero-order chi connectivity index (χ0) is 12.8. The zero-order valence-corrected chi connectivity index (χ0v) is 9.64. The van der Waals surface area contributed by atoms with E-state index in [-0.39, 0.29) is 22.9 Å². The molecule has 1 amide bonds. The Morgan fingerprint density at radius 1 is 1.39 bits per heavy atom. The molecule has 6 heteroatoms. The highest BCUT2D eigenvalue weighted by Crippen LogP contribution is 2.42. The zero-order valence-electron chi connectivity index (χ0n) is 9.64. The van der Waals surface area contributed by atoms with Crippen molar-refractivity contribution in [1.82, 2.24) is 5.32 Å². The molecule has 1 aliphatic carbocycles. The van der Waals surface area contributed by atoms with Gasteiger partial charge in [-0.3, -0.25) is 14.9 Å². The van der Waals surface area contributed by atoms with Gasteiger partial charge in [0.1, 0.15) is 5.60 Å². The minimum Gasteiger partial charge on any atom is -0.478 e. The number of hydrogen-bond donors (Lipinski definition) is 1. The van der Waals surface area contributed by atoms with E-state index in [0.717, 1.165) is 19.3 Å². The second kappa shape index (κ2) is 3.69. The normalized spacial score (nSPS) is 20.1. The third kappa shape index (κ3) is 1.53. The molecule has 0 radical (unpaired) electrons. The van der Waals surface area contributed by atoms with Crippen LogP contribution in [-0.4, -0.2) is 23.0 Å². The molecule has 6 nitrogen and oxygen atoms in total. The lowest BCUT2D eigenvalue weighted by atomic mass is 9.80. The van der Waals surface area contributed by atoms with Gasteiger partial charge in [-0.15, -0.1) is 0 Å². The van der Waals surface area contributed by atoms with Crippen LogP contribution in [0.15, 0.2) is 18.2 Å². The maximum absolute atomic E-state index is 11.9. The van der Waals surface area contributed by atoms with Crippen molar-refractivity contribution in [2.45, 2.75) is 24.9 Å². The summed E-state index contributed by atoms with van der Waals surface area (Å²) in [5, 5.41) is 13.8. The van der Waals surface area contributed by atoms with Crippen LogP contribution in [0.5, 0.6) is 5.75 Å². The van der Waals surface area contributed by atoms with Crippen molar-refractivity contribution in [3.8, 4) is 5.75 Å². The van der Waals surface area contributed by atoms with Crippen LogP contribution in [0.1, 0.15) is 29.6 Å². The van der Waals surface area contributed by atoms with Gasteiger partial charge >= 0.3 is 5.69 Å². The molecule has 1 heterocycles. The number of ether oxygens (including phenoxy) is 1. The van der Waals surface area contributed by atoms with Gasteiger partial charge in [0.05, 0.1) is 17.0 Å². The minimum absolute atomic E-state index is 0.109. The van der Waals surface area contributed by atoms with Crippen LogP contribution < -0.4 is 10.1 Å². The third-order valence-corrected chi connectivity index (χ3v) is 3.59. The van der Waals surface area contributed by atoms with Gasteiger partial charge in [-0.05, 0) is 25.3 Å². The number of fused-ring (bicyclic) bond motifs is 1. The third-order valence-electron chi connectivity index (χ3n) is 3.59. The highest BCUT2D eigenvalue weighted by atomic mass is 16.6. The van der Waals surface area contributed by atoms with Crippen molar-refractivity contribution in [3.63, 3.8) is 0 Å². The highest BCUT2D eigenvalue weighted by molar-refractivity contribution is 5.98. The molecule has 0 saturated heterocycles. The Balaban J connectivity index is 2.12. The molecule has 2 aliphatic rings. The molecule has 1 aliphatic heterocycles. The first-order chi connectivity index (χ1) is 8.61. The predicted molar refractivity (Wildman–Crippen MR) is 62.6 cm³/mol. The van der Waals surface area contributed by atoms with Gasteiger partial charge in [0.15, 0.2) is 0 Å². The van der Waals surface area contributed by atoms with Gasteiger partial charge in [-0.2, -0.15) is 0 Å². The van der Waals surface area contributed by atoms with E-state index in [2.05, 4.69) is 5.32 Å². The fourth-order valence-corrected chi connectivity index (χ4v) is 2.39. The summed E-state index contributed by atoms with van der Waals surface area (Å²) in [6.45, 7) is 0.414. The Labute approximate surface area is 103 Å². The van der Waals surface area contributed by atoms with Crippen molar-refractivity contribution in [2.75, 3.05) is 6.54 Å². The molecular formula is C12H12N2O4. The van der Waals surface area contributed by atoms with Crippen LogP contribution in [0.25, 0.3) is 0 Å². The van der Waals surface area contributed by atoms with E-state index in [1.54, 1.807) is 6.07 Å². The largest absolute Gasteiger partial charge is 0.478 e. The quantitative estimate of drug-likeness (QED) is 0.605. The molecule has 18 heavy (non-hydrogen) atoms. The van der Waals surface area contributed by atoms with Gasteiger partial charge < -0.3 is 10.1 Å². The molecule has 0 atom stereocenters. The Kier molecular flexibility index (Phi) is 2.26. The molecule has 1 N–H and O–H groups in total. The molecule has 3 rings (SSSR count). The number of benzene rings is 1. The van der Waals surface area contributed by atoms with Crippen LogP contribution in [0, 0.1) is 10.1 Å². The Morgan fingerprint density at radius 2 is 2.17 bits per heavy atom. The summed E-state index contributed by atoms with van der Waals surface area (Å²) < 4.78 is 5.82. The lowest BCUT2D eigenvalue weighted by molar-refractivity contribution is -0.386. The molecule has 0 bridgehead atoms. The fourth-order valence-electron chi connectivity index (χ4n) is 2.39. The maximum atomic E-state index is 11.9. The van der Waals surface area contributed by atoms with Crippen LogP contribution in [0.3, 0.4) is 0 Å². The van der Waals surface area contributed by atoms with Crippen LogP contribution in [0.4, 0.5) is 5.69 Å². The number of amides is 1. The van der Waals surface area contributed by atoms with E-state index in [4.69, 9.17) is 4.74 Å². The SMILES string of the molecule is O=C1NCC2(CCC2)Oc2c1cccc2[N+](=O)[O-]. The number of para-hydroxylation sites is 1. The molecule has 0 aromatic heterocycles. The standard InChI is InChI=1S/C12H12N2O4/c15-11-8-3-1-4-9(14(16)17)10(8)18-12(7-13-11)5-2-6-12/h1,3-4H,2,5-7H2,(H,13,15). The van der Waals surface area contributed by atoms with Gasteiger partial charge in [0, 0.05) is 6.07 Å². The van der Waals surface area contributed by atoms with Crippen LogP contribution in [-0.2, 0) is 0 Å². The van der Waals surface area contributed by atoms with E-state index >= 15 is 0 Å². The summed E-state index contributed by atoms with van der Waals surface area (Å²) in [5.74, 6) is -0.199. The van der Waals surface area contributed by atoms with Crippen LogP contribution >= 0.6 is 0 Å². The number of nitrogens with zero attached hydrogens (tertiary/aromatic N) is 1. The number of nitrogens with one attached hydrogen (secondary N) is 1. The van der Waals surface area contributed by atoms with E-state index < -0.39 is 10.5 Å². The van der Waals surface area contributed by atoms with Gasteiger partial charge in [-0.25, -0.2) is 0 Å². The van der Waals surface area contributed by atoms with Crippen molar-refractivity contribution in [1.29, 1.82) is 0 Å². The van der Waals surface area contributed by atoms with Gasteiger partial charge in [0.25, 0.3) is 5.91 Å². The lowest BCUT2D eigenvalue weighted by Gasteiger charge is -2.40. The van der Waals surface area contributed by atoms with E-state index in [1.807, 2.05) is 0 Å². The molecule has 1 aromatic carbocycles. The van der Waals surface area contributed by atoms with Crippen molar-refractivity contribution in [3.05, 3.63) is 33.9 Å². The minimum atomic E-state index is -0.510. The van der Waals surface area contributed by atoms with Crippen molar-refractivity contribution in [2.24, 2.45) is 0 Å². The molecule has 1 aromatic rings. The second-order valence-electron chi connectivity index (χ2n) is 4.73. The molecule has 0 unspecified atom stereocenters. The average molecular weight is 248 g/mol. The van der Waals surface area contributed by atoms with Crippen LogP contribution in [0.2, 0.25) is 0 Å². The highest BCUT2D eigenvalue weighted by Gasteiger charge is 2.44. The molecular weight excluding hydrogens is 236 g/mol. The lowest BCUT2D eigenvalue weighted by Crippen LogP contribution is -2.50. The second-order valence-corrected chi connectivity index (χ2v) is 4.73. The first-order valence-electron chi connectivity index (χ1n) is 5.86. The summed E-state index contributed by atoms with van der Waals surface area (Å²) in [7, 11) is 0.